The van der Waals surface area contributed by atoms with Crippen molar-refractivity contribution >= 4 is 54.2 Å². The van der Waals surface area contributed by atoms with Crippen LogP contribution in [-0.4, -0.2) is 13.4 Å². The zero-order valence-corrected chi connectivity index (χ0v) is 20.1. The van der Waals surface area contributed by atoms with Gasteiger partial charge in [-0.3, -0.25) is 0 Å². The van der Waals surface area contributed by atoms with Crippen molar-refractivity contribution in [3.63, 3.8) is 0 Å². The maximum atomic E-state index is 13.3. The Kier molecular flexibility index (Phi) is 4.45. The Morgan fingerprint density at radius 1 is 1.13 bits per heavy atom. The van der Waals surface area contributed by atoms with Crippen molar-refractivity contribution in [1.82, 2.24) is 4.98 Å². The molecule has 3 nitrogen and oxygen atoms in total. The molecule has 1 aromatic carbocycles. The highest BCUT2D eigenvalue weighted by Gasteiger charge is 2.52. The van der Waals surface area contributed by atoms with E-state index in [1.807, 2.05) is 25.1 Å². The number of rotatable bonds is 4. The van der Waals surface area contributed by atoms with Gasteiger partial charge in [0.1, 0.15) is 15.0 Å². The van der Waals surface area contributed by atoms with Crippen LogP contribution in [0.25, 0.3) is 10.1 Å². The van der Waals surface area contributed by atoms with Crippen LogP contribution in [0.3, 0.4) is 0 Å². The number of hydrogen-bond donors (Lipinski definition) is 0. The summed E-state index contributed by atoms with van der Waals surface area (Å²) in [6.45, 7) is 1.88. The number of sulfone groups is 1. The third kappa shape index (κ3) is 3.09. The third-order valence-electron chi connectivity index (χ3n) is 7.58. The number of aryl methyl sites for hydroxylation is 1. The molecule has 0 spiro atoms. The van der Waals surface area contributed by atoms with Crippen LogP contribution in [0.1, 0.15) is 54.8 Å². The number of hydrogen-bond acceptors (Lipinski definition) is 5. The number of benzene rings is 1. The second-order valence-corrected chi connectivity index (χ2v) is 14.4. The molecule has 0 radical (unpaired) electrons. The fourth-order valence-electron chi connectivity index (χ4n) is 6.74. The molecule has 3 aromatic rings. The Morgan fingerprint density at radius 3 is 2.47 bits per heavy atom. The van der Waals surface area contributed by atoms with Crippen molar-refractivity contribution in [2.75, 3.05) is 0 Å². The SMILES string of the molecule is Cc1c(S(=O)(=O)Cc2nc(C34CC5CC(CC(C5)C3)C4)cs2)sc2ccc(Cl)cc12. The van der Waals surface area contributed by atoms with Gasteiger partial charge in [-0.1, -0.05) is 11.6 Å². The van der Waals surface area contributed by atoms with Gasteiger partial charge >= 0.3 is 0 Å². The lowest BCUT2D eigenvalue weighted by atomic mass is 9.49. The predicted octanol–water partition coefficient (Wildman–Crippen LogP) is 6.76. The summed E-state index contributed by atoms with van der Waals surface area (Å²) in [5.74, 6) is 2.57. The smallest absolute Gasteiger partial charge is 0.194 e. The van der Waals surface area contributed by atoms with Crippen LogP contribution >= 0.6 is 34.3 Å². The van der Waals surface area contributed by atoms with E-state index in [1.54, 1.807) is 0 Å². The maximum absolute atomic E-state index is 13.3. The van der Waals surface area contributed by atoms with Gasteiger partial charge in [-0.05, 0) is 92.4 Å². The van der Waals surface area contributed by atoms with Gasteiger partial charge in [0.25, 0.3) is 0 Å². The summed E-state index contributed by atoms with van der Waals surface area (Å²) in [4.78, 5) is 4.93. The Labute approximate surface area is 190 Å². The molecule has 0 unspecified atom stereocenters. The van der Waals surface area contributed by atoms with Gasteiger partial charge in [-0.2, -0.15) is 0 Å². The van der Waals surface area contributed by atoms with Crippen LogP contribution in [0.15, 0.2) is 27.8 Å². The maximum Gasteiger partial charge on any atom is 0.194 e. The van der Waals surface area contributed by atoms with E-state index in [0.717, 1.165) is 38.4 Å². The second kappa shape index (κ2) is 6.77. The molecular formula is C23H24ClNO2S3. The highest BCUT2D eigenvalue weighted by molar-refractivity contribution is 7.93. The molecule has 0 saturated heterocycles. The van der Waals surface area contributed by atoms with Gasteiger partial charge in [0, 0.05) is 20.5 Å². The molecule has 4 aliphatic carbocycles. The van der Waals surface area contributed by atoms with Crippen LogP contribution < -0.4 is 0 Å². The van der Waals surface area contributed by atoms with E-state index in [9.17, 15) is 8.42 Å². The molecule has 4 aliphatic rings. The molecule has 7 rings (SSSR count). The largest absolute Gasteiger partial charge is 0.245 e. The van der Waals surface area contributed by atoms with Gasteiger partial charge in [-0.15, -0.1) is 22.7 Å². The summed E-state index contributed by atoms with van der Waals surface area (Å²) in [6.07, 6.45) is 7.97. The number of thiazole rings is 1. The lowest BCUT2D eigenvalue weighted by Crippen LogP contribution is -2.48. The summed E-state index contributed by atoms with van der Waals surface area (Å²) in [5.41, 5.74) is 2.20. The van der Waals surface area contributed by atoms with E-state index in [4.69, 9.17) is 16.6 Å². The van der Waals surface area contributed by atoms with Crippen molar-refractivity contribution in [3.8, 4) is 0 Å². The Morgan fingerprint density at radius 2 is 1.80 bits per heavy atom. The van der Waals surface area contributed by atoms with Gasteiger partial charge in [0.2, 0.25) is 0 Å². The zero-order valence-electron chi connectivity index (χ0n) is 16.9. The van der Waals surface area contributed by atoms with Crippen LogP contribution in [0.5, 0.6) is 0 Å². The minimum absolute atomic E-state index is 0.00851. The lowest BCUT2D eigenvalue weighted by molar-refractivity contribution is -0.00697. The average molecular weight is 478 g/mol. The summed E-state index contributed by atoms with van der Waals surface area (Å²) in [6, 6.07) is 5.58. The number of thiophene rings is 1. The molecule has 7 heteroatoms. The highest BCUT2D eigenvalue weighted by Crippen LogP contribution is 2.60. The standard InChI is InChI=1S/C23H24ClNO2S3/c1-13-18-7-17(24)2-3-19(18)29-22(13)30(26,27)12-21-25-20(11-28-21)23-8-14-4-15(9-23)6-16(5-14)10-23/h2-3,7,11,14-16H,4-6,8-10,12H2,1H3. The van der Waals surface area contributed by atoms with Crippen molar-refractivity contribution < 1.29 is 8.42 Å². The van der Waals surface area contributed by atoms with Crippen molar-refractivity contribution in [2.45, 2.75) is 60.8 Å². The zero-order chi connectivity index (χ0) is 20.7. The van der Waals surface area contributed by atoms with Gasteiger partial charge in [0.15, 0.2) is 9.84 Å². The topological polar surface area (TPSA) is 47.0 Å². The third-order valence-corrected chi connectivity index (χ3v) is 12.5. The summed E-state index contributed by atoms with van der Waals surface area (Å²) in [7, 11) is -3.44. The van der Waals surface area contributed by atoms with Crippen LogP contribution in [0.4, 0.5) is 0 Å². The fourth-order valence-corrected chi connectivity index (χ4v) is 11.3. The first-order valence-electron chi connectivity index (χ1n) is 10.7. The quantitative estimate of drug-likeness (QED) is 0.417. The Balaban J connectivity index is 1.31. The van der Waals surface area contributed by atoms with E-state index < -0.39 is 9.84 Å². The highest BCUT2D eigenvalue weighted by atomic mass is 35.5. The van der Waals surface area contributed by atoms with Gasteiger partial charge < -0.3 is 0 Å². The molecule has 0 N–H and O–H groups in total. The van der Waals surface area contributed by atoms with Crippen LogP contribution in [0, 0.1) is 24.7 Å². The monoisotopic (exact) mass is 477 g/mol. The summed E-state index contributed by atoms with van der Waals surface area (Å²) < 4.78 is 28.0. The lowest BCUT2D eigenvalue weighted by Gasteiger charge is -2.56. The number of fused-ring (bicyclic) bond motifs is 1. The predicted molar refractivity (Wildman–Crippen MR) is 124 cm³/mol. The number of nitrogens with zero attached hydrogens (tertiary/aromatic N) is 1. The first-order chi connectivity index (χ1) is 14.3. The summed E-state index contributed by atoms with van der Waals surface area (Å²) >= 11 is 8.99. The first-order valence-corrected chi connectivity index (χ1v) is 14.4. The summed E-state index contributed by atoms with van der Waals surface area (Å²) in [5, 5.41) is 4.46. The van der Waals surface area contributed by atoms with Crippen molar-refractivity contribution in [3.05, 3.63) is 44.9 Å². The molecule has 158 valence electrons. The molecule has 2 aromatic heterocycles. The molecule has 4 fully saturated rings. The molecule has 30 heavy (non-hydrogen) atoms. The van der Waals surface area contributed by atoms with E-state index in [-0.39, 0.29) is 11.2 Å². The Hall–Kier alpha value is -0.950. The molecule has 0 atom stereocenters. The second-order valence-electron chi connectivity index (χ2n) is 9.74. The number of aromatic nitrogens is 1. The van der Waals surface area contributed by atoms with Crippen LogP contribution in [-0.2, 0) is 21.0 Å². The van der Waals surface area contributed by atoms with E-state index in [1.165, 1.54) is 66.9 Å². The molecule has 0 amide bonds. The Bertz CT molecular complexity index is 1220. The molecule has 4 saturated carbocycles. The molecule has 2 heterocycles. The number of halogens is 1. The minimum atomic E-state index is -3.44. The molecule has 0 aliphatic heterocycles. The fraction of sp³-hybridized carbons (Fsp3) is 0.522. The van der Waals surface area contributed by atoms with Crippen LogP contribution in [0.2, 0.25) is 5.02 Å². The van der Waals surface area contributed by atoms with E-state index in [0.29, 0.717) is 9.23 Å². The first kappa shape index (κ1) is 19.7. The van der Waals surface area contributed by atoms with Gasteiger partial charge in [0.05, 0.1) is 5.69 Å². The van der Waals surface area contributed by atoms with E-state index >= 15 is 0 Å². The minimum Gasteiger partial charge on any atom is -0.245 e. The van der Waals surface area contributed by atoms with Crippen molar-refractivity contribution in [2.24, 2.45) is 17.8 Å². The van der Waals surface area contributed by atoms with E-state index in [2.05, 4.69) is 5.38 Å². The average Bonchev–Trinajstić information content (AvgIpc) is 3.26. The normalized spacial score (nSPS) is 30.4. The van der Waals surface area contributed by atoms with Crippen molar-refractivity contribution in [1.29, 1.82) is 0 Å². The van der Waals surface area contributed by atoms with Gasteiger partial charge in [-0.25, -0.2) is 13.4 Å². The molecular weight excluding hydrogens is 454 g/mol. The molecule has 4 bridgehead atoms.